The van der Waals surface area contributed by atoms with Gasteiger partial charge in [0.05, 0.1) is 12.1 Å². The monoisotopic (exact) mass is 156 g/mol. The molecule has 2 saturated heterocycles. The highest BCUT2D eigenvalue weighted by Crippen LogP contribution is 2.37. The summed E-state index contributed by atoms with van der Waals surface area (Å²) in [6, 6.07) is -0.304. The Morgan fingerprint density at radius 1 is 1.55 bits per heavy atom. The van der Waals surface area contributed by atoms with Crippen molar-refractivity contribution in [1.29, 1.82) is 0 Å². The van der Waals surface area contributed by atoms with E-state index < -0.39 is 0 Å². The molecular formula is C7H12N2O2. The van der Waals surface area contributed by atoms with E-state index in [1.807, 2.05) is 0 Å². The Balaban J connectivity index is 2.09. The summed E-state index contributed by atoms with van der Waals surface area (Å²) in [6.07, 6.45) is 2.01. The zero-order chi connectivity index (χ0) is 7.90. The van der Waals surface area contributed by atoms with Crippen LogP contribution < -0.4 is 5.73 Å². The predicted octanol–water partition coefficient (Wildman–Crippen LogP) is -0.0701. The summed E-state index contributed by atoms with van der Waals surface area (Å²) in [6.45, 7) is 2.25. The molecule has 4 heteroatoms. The molecule has 0 bridgehead atoms. The largest absolute Gasteiger partial charge is 0.379 e. The summed E-state index contributed by atoms with van der Waals surface area (Å²) in [7, 11) is 0. The quantitative estimate of drug-likeness (QED) is 0.533. The van der Waals surface area contributed by atoms with Crippen LogP contribution in [0.1, 0.15) is 12.8 Å². The molecule has 2 heterocycles. The highest BCUT2D eigenvalue weighted by molar-refractivity contribution is 5.74. The lowest BCUT2D eigenvalue weighted by Crippen LogP contribution is -2.64. The topological polar surface area (TPSA) is 55.6 Å². The van der Waals surface area contributed by atoms with Crippen molar-refractivity contribution in [3.63, 3.8) is 0 Å². The first-order valence-corrected chi connectivity index (χ1v) is 3.89. The average molecular weight is 156 g/mol. The molecule has 2 N–H and O–H groups in total. The third-order valence-electron chi connectivity index (χ3n) is 2.72. The minimum absolute atomic E-state index is 0.00810. The fraction of sp³-hybridized carbons (Fsp3) is 0.857. The number of likely N-dealkylation sites (tertiary alicyclic amines) is 1. The third kappa shape index (κ3) is 0.822. The van der Waals surface area contributed by atoms with Crippen molar-refractivity contribution in [3.05, 3.63) is 0 Å². The molecule has 0 aliphatic carbocycles. The van der Waals surface area contributed by atoms with Gasteiger partial charge in [-0.25, -0.2) is 4.79 Å². The molecule has 2 amide bonds. The fourth-order valence-electron chi connectivity index (χ4n) is 1.89. The smallest absolute Gasteiger partial charge is 0.315 e. The Hall–Kier alpha value is -0.770. The standard InChI is InChI=1S/C7H12N2O2/c8-6(10)9-3-1-7(9)2-4-11-5-7/h1-5H2,(H2,8,10). The Kier molecular flexibility index (Phi) is 1.32. The molecule has 11 heavy (non-hydrogen) atoms. The number of nitrogens with zero attached hydrogens (tertiary/aromatic N) is 1. The van der Waals surface area contributed by atoms with Crippen LogP contribution in [0.2, 0.25) is 0 Å². The van der Waals surface area contributed by atoms with Gasteiger partial charge in [-0.2, -0.15) is 0 Å². The van der Waals surface area contributed by atoms with Gasteiger partial charge in [0.15, 0.2) is 0 Å². The van der Waals surface area contributed by atoms with E-state index in [9.17, 15) is 4.79 Å². The molecule has 0 aromatic heterocycles. The summed E-state index contributed by atoms with van der Waals surface area (Å²) < 4.78 is 5.23. The van der Waals surface area contributed by atoms with Gasteiger partial charge in [0.25, 0.3) is 0 Å². The molecule has 62 valence electrons. The molecule has 4 nitrogen and oxygen atoms in total. The van der Waals surface area contributed by atoms with Gasteiger partial charge < -0.3 is 15.4 Å². The summed E-state index contributed by atoms with van der Waals surface area (Å²) in [5.41, 5.74) is 5.18. The van der Waals surface area contributed by atoms with Gasteiger partial charge in [-0.3, -0.25) is 0 Å². The average Bonchev–Trinajstić information content (AvgIpc) is 2.31. The third-order valence-corrected chi connectivity index (χ3v) is 2.72. The number of rotatable bonds is 0. The van der Waals surface area contributed by atoms with E-state index in [0.29, 0.717) is 6.61 Å². The SMILES string of the molecule is NC(=O)N1CCC12CCOC2. The molecule has 1 atom stereocenters. The molecule has 0 radical (unpaired) electrons. The Morgan fingerprint density at radius 2 is 2.36 bits per heavy atom. The lowest BCUT2D eigenvalue weighted by molar-refractivity contribution is 0.0179. The Bertz CT molecular complexity index is 187. The van der Waals surface area contributed by atoms with Crippen LogP contribution in [0.4, 0.5) is 4.79 Å². The Labute approximate surface area is 65.3 Å². The van der Waals surface area contributed by atoms with Crippen LogP contribution in [0.5, 0.6) is 0 Å². The molecule has 0 saturated carbocycles. The van der Waals surface area contributed by atoms with Gasteiger partial charge in [0.1, 0.15) is 0 Å². The first kappa shape index (κ1) is 6.91. The number of carbonyl (C=O) groups excluding carboxylic acids is 1. The number of ether oxygens (including phenoxy) is 1. The van der Waals surface area contributed by atoms with Gasteiger partial charge in [-0.15, -0.1) is 0 Å². The lowest BCUT2D eigenvalue weighted by atomic mass is 9.84. The van der Waals surface area contributed by atoms with Gasteiger partial charge in [-0.05, 0) is 12.8 Å². The first-order valence-electron chi connectivity index (χ1n) is 3.89. The maximum absolute atomic E-state index is 10.8. The highest BCUT2D eigenvalue weighted by Gasteiger charge is 2.49. The van der Waals surface area contributed by atoms with Crippen LogP contribution >= 0.6 is 0 Å². The van der Waals surface area contributed by atoms with Crippen LogP contribution in [0.25, 0.3) is 0 Å². The molecule has 2 aliphatic heterocycles. The molecule has 1 spiro atoms. The predicted molar refractivity (Wildman–Crippen MR) is 39.1 cm³/mol. The van der Waals surface area contributed by atoms with Gasteiger partial charge >= 0.3 is 6.03 Å². The van der Waals surface area contributed by atoms with Gasteiger partial charge in [0.2, 0.25) is 0 Å². The minimum atomic E-state index is -0.304. The number of carbonyl (C=O) groups is 1. The molecule has 2 fully saturated rings. The lowest BCUT2D eigenvalue weighted by Gasteiger charge is -2.48. The van der Waals surface area contributed by atoms with Crippen LogP contribution in [0.3, 0.4) is 0 Å². The van der Waals surface area contributed by atoms with Crippen molar-refractivity contribution >= 4 is 6.03 Å². The highest BCUT2D eigenvalue weighted by atomic mass is 16.5. The second kappa shape index (κ2) is 2.11. The maximum atomic E-state index is 10.8. The van der Waals surface area contributed by atoms with Crippen LogP contribution in [0.15, 0.2) is 0 Å². The molecule has 1 unspecified atom stereocenters. The molecular weight excluding hydrogens is 144 g/mol. The van der Waals surface area contributed by atoms with E-state index >= 15 is 0 Å². The van der Waals surface area contributed by atoms with Gasteiger partial charge in [-0.1, -0.05) is 0 Å². The minimum Gasteiger partial charge on any atom is -0.379 e. The summed E-state index contributed by atoms with van der Waals surface area (Å²) in [4.78, 5) is 12.6. The first-order chi connectivity index (χ1) is 5.25. The van der Waals surface area contributed by atoms with E-state index in [-0.39, 0.29) is 11.6 Å². The van der Waals surface area contributed by atoms with Crippen LogP contribution in [-0.2, 0) is 4.74 Å². The number of primary amides is 1. The Morgan fingerprint density at radius 3 is 2.73 bits per heavy atom. The van der Waals surface area contributed by atoms with E-state index in [0.717, 1.165) is 26.0 Å². The van der Waals surface area contributed by atoms with E-state index in [4.69, 9.17) is 10.5 Å². The number of hydrogen-bond donors (Lipinski definition) is 1. The number of nitrogens with two attached hydrogens (primary N) is 1. The number of urea groups is 1. The van der Waals surface area contributed by atoms with E-state index in [1.165, 1.54) is 0 Å². The van der Waals surface area contributed by atoms with Crippen molar-refractivity contribution in [2.45, 2.75) is 18.4 Å². The van der Waals surface area contributed by atoms with Crippen molar-refractivity contribution < 1.29 is 9.53 Å². The van der Waals surface area contributed by atoms with Crippen molar-refractivity contribution in [3.8, 4) is 0 Å². The van der Waals surface area contributed by atoms with Crippen LogP contribution in [0, 0.1) is 0 Å². The summed E-state index contributed by atoms with van der Waals surface area (Å²) in [5, 5.41) is 0. The summed E-state index contributed by atoms with van der Waals surface area (Å²) >= 11 is 0. The van der Waals surface area contributed by atoms with Crippen LogP contribution in [-0.4, -0.2) is 36.2 Å². The number of hydrogen-bond acceptors (Lipinski definition) is 2. The zero-order valence-electron chi connectivity index (χ0n) is 6.38. The fourth-order valence-corrected chi connectivity index (χ4v) is 1.89. The number of amides is 2. The second-order valence-electron chi connectivity index (χ2n) is 3.27. The van der Waals surface area contributed by atoms with Crippen molar-refractivity contribution in [1.82, 2.24) is 4.90 Å². The second-order valence-corrected chi connectivity index (χ2v) is 3.27. The van der Waals surface area contributed by atoms with E-state index in [1.54, 1.807) is 4.90 Å². The van der Waals surface area contributed by atoms with Crippen molar-refractivity contribution in [2.24, 2.45) is 5.73 Å². The zero-order valence-corrected chi connectivity index (χ0v) is 6.38. The molecule has 2 aliphatic rings. The summed E-state index contributed by atoms with van der Waals surface area (Å²) in [5.74, 6) is 0. The molecule has 0 aromatic rings. The molecule has 0 aromatic carbocycles. The normalized spacial score (nSPS) is 35.8. The van der Waals surface area contributed by atoms with Crippen molar-refractivity contribution in [2.75, 3.05) is 19.8 Å². The maximum Gasteiger partial charge on any atom is 0.315 e. The van der Waals surface area contributed by atoms with Gasteiger partial charge in [0, 0.05) is 13.2 Å². The molecule has 2 rings (SSSR count). The van der Waals surface area contributed by atoms with E-state index in [2.05, 4.69) is 0 Å².